The number of nitriles is 1. The molecule has 96 valence electrons. The number of nitrogens with zero attached hydrogens (tertiary/aromatic N) is 1. The first-order valence-electron chi connectivity index (χ1n) is 5.42. The lowest BCUT2D eigenvalue weighted by atomic mass is 10.2. The number of hydrogen-bond acceptors (Lipinski definition) is 2. The van der Waals surface area contributed by atoms with Gasteiger partial charge in [0.1, 0.15) is 0 Å². The van der Waals surface area contributed by atoms with E-state index in [1.54, 1.807) is 24.3 Å². The molecule has 2 aromatic carbocycles. The zero-order valence-corrected chi connectivity index (χ0v) is 10.6. The Morgan fingerprint density at radius 1 is 1.05 bits per heavy atom. The molecule has 0 aliphatic heterocycles. The van der Waals surface area contributed by atoms with E-state index in [1.807, 2.05) is 6.07 Å². The molecule has 2 aromatic rings. The quantitative estimate of drug-likeness (QED) is 0.864. The zero-order chi connectivity index (χ0) is 13.8. The van der Waals surface area contributed by atoms with Crippen LogP contribution in [0.4, 0.5) is 8.78 Å². The smallest absolute Gasteiger partial charge is 0.160 e. The Bertz CT molecular complexity index is 662. The van der Waals surface area contributed by atoms with Crippen molar-refractivity contribution < 1.29 is 13.0 Å². The van der Waals surface area contributed by atoms with E-state index in [0.717, 1.165) is 17.7 Å². The summed E-state index contributed by atoms with van der Waals surface area (Å²) in [6.07, 6.45) is 0. The molecular formula is C14H9F2NOS. The monoisotopic (exact) mass is 277 g/mol. The third kappa shape index (κ3) is 3.24. The highest BCUT2D eigenvalue weighted by molar-refractivity contribution is 7.84. The molecule has 1 unspecified atom stereocenters. The Hall–Kier alpha value is -2.06. The fourth-order valence-corrected chi connectivity index (χ4v) is 2.65. The second-order valence-corrected chi connectivity index (χ2v) is 5.33. The molecule has 0 saturated heterocycles. The summed E-state index contributed by atoms with van der Waals surface area (Å²) in [5.74, 6) is -1.78. The second-order valence-electron chi connectivity index (χ2n) is 3.87. The minimum atomic E-state index is -1.45. The average Bonchev–Trinajstić information content (AvgIpc) is 2.42. The highest BCUT2D eigenvalue weighted by Gasteiger charge is 2.09. The van der Waals surface area contributed by atoms with Crippen molar-refractivity contribution in [2.45, 2.75) is 10.6 Å². The maximum absolute atomic E-state index is 13.0. The highest BCUT2D eigenvalue weighted by Crippen LogP contribution is 2.16. The number of rotatable bonds is 3. The minimum Gasteiger partial charge on any atom is -0.254 e. The molecule has 0 radical (unpaired) electrons. The summed E-state index contributed by atoms with van der Waals surface area (Å²) in [6.45, 7) is 0. The number of benzene rings is 2. The predicted octanol–water partition coefficient (Wildman–Crippen LogP) is 3.14. The highest BCUT2D eigenvalue weighted by atomic mass is 32.2. The van der Waals surface area contributed by atoms with Crippen LogP contribution in [-0.4, -0.2) is 4.21 Å². The van der Waals surface area contributed by atoms with Crippen LogP contribution >= 0.6 is 0 Å². The molecule has 0 amide bonds. The van der Waals surface area contributed by atoms with Crippen molar-refractivity contribution >= 4 is 10.8 Å². The molecule has 2 nitrogen and oxygen atoms in total. The topological polar surface area (TPSA) is 40.9 Å². The van der Waals surface area contributed by atoms with Gasteiger partial charge in [-0.05, 0) is 35.9 Å². The molecule has 19 heavy (non-hydrogen) atoms. The van der Waals surface area contributed by atoms with Crippen LogP contribution < -0.4 is 0 Å². The van der Waals surface area contributed by atoms with Crippen LogP contribution in [0, 0.1) is 23.0 Å². The van der Waals surface area contributed by atoms with Gasteiger partial charge < -0.3 is 0 Å². The Balaban J connectivity index is 2.16. The summed E-state index contributed by atoms with van der Waals surface area (Å²) in [6, 6.07) is 11.8. The first-order valence-corrected chi connectivity index (χ1v) is 6.74. The average molecular weight is 277 g/mol. The van der Waals surface area contributed by atoms with Gasteiger partial charge >= 0.3 is 0 Å². The Morgan fingerprint density at radius 3 is 2.32 bits per heavy atom. The molecular weight excluding hydrogens is 268 g/mol. The van der Waals surface area contributed by atoms with Gasteiger partial charge in [0.15, 0.2) is 11.6 Å². The van der Waals surface area contributed by atoms with Gasteiger partial charge in [-0.3, -0.25) is 4.21 Å². The molecule has 2 rings (SSSR count). The lowest BCUT2D eigenvalue weighted by Crippen LogP contribution is -1.98. The molecule has 0 aliphatic carbocycles. The van der Waals surface area contributed by atoms with E-state index in [0.29, 0.717) is 5.56 Å². The number of halogens is 2. The standard InChI is InChI=1S/C14H9F2NOS/c15-13-6-5-12(7-14(13)16)19(18)9-11-3-1-10(8-17)2-4-11/h1-7H,9H2. The Labute approximate surface area is 111 Å². The van der Waals surface area contributed by atoms with Crippen molar-refractivity contribution in [2.24, 2.45) is 0 Å². The fourth-order valence-electron chi connectivity index (χ4n) is 1.53. The van der Waals surface area contributed by atoms with E-state index in [4.69, 9.17) is 5.26 Å². The summed E-state index contributed by atoms with van der Waals surface area (Å²) >= 11 is 0. The van der Waals surface area contributed by atoms with E-state index >= 15 is 0 Å². The van der Waals surface area contributed by atoms with Crippen LogP contribution in [0.2, 0.25) is 0 Å². The second kappa shape index (κ2) is 5.72. The van der Waals surface area contributed by atoms with Gasteiger partial charge in [-0.25, -0.2) is 8.78 Å². The third-order valence-electron chi connectivity index (χ3n) is 2.53. The summed E-state index contributed by atoms with van der Waals surface area (Å²) in [7, 11) is -1.45. The molecule has 0 saturated carbocycles. The Morgan fingerprint density at radius 2 is 1.74 bits per heavy atom. The molecule has 0 bridgehead atoms. The van der Waals surface area contributed by atoms with Gasteiger partial charge in [-0.1, -0.05) is 12.1 Å². The van der Waals surface area contributed by atoms with Crippen molar-refractivity contribution in [3.8, 4) is 6.07 Å². The van der Waals surface area contributed by atoms with Gasteiger partial charge in [-0.2, -0.15) is 5.26 Å². The van der Waals surface area contributed by atoms with Gasteiger partial charge in [0.2, 0.25) is 0 Å². The molecule has 0 spiro atoms. The SMILES string of the molecule is N#Cc1ccc(CS(=O)c2ccc(F)c(F)c2)cc1. The first kappa shape index (κ1) is 13.4. The minimum absolute atomic E-state index is 0.191. The van der Waals surface area contributed by atoms with E-state index in [-0.39, 0.29) is 10.6 Å². The third-order valence-corrected chi connectivity index (χ3v) is 3.91. The lowest BCUT2D eigenvalue weighted by molar-refractivity contribution is 0.505. The predicted molar refractivity (Wildman–Crippen MR) is 67.6 cm³/mol. The van der Waals surface area contributed by atoms with Crippen molar-refractivity contribution in [3.63, 3.8) is 0 Å². The zero-order valence-electron chi connectivity index (χ0n) is 9.77. The summed E-state index contributed by atoms with van der Waals surface area (Å²) < 4.78 is 37.8. The van der Waals surface area contributed by atoms with Crippen molar-refractivity contribution in [3.05, 3.63) is 65.2 Å². The maximum atomic E-state index is 13.0. The fraction of sp³-hybridized carbons (Fsp3) is 0.0714. The summed E-state index contributed by atoms with van der Waals surface area (Å²) in [5, 5.41) is 8.66. The molecule has 0 heterocycles. The Kier molecular flexibility index (Phi) is 4.03. The molecule has 0 aliphatic rings. The van der Waals surface area contributed by atoms with Crippen LogP contribution in [0.25, 0.3) is 0 Å². The van der Waals surface area contributed by atoms with Crippen molar-refractivity contribution in [2.75, 3.05) is 0 Å². The van der Waals surface area contributed by atoms with Gasteiger partial charge in [0.05, 0.1) is 28.2 Å². The summed E-state index contributed by atoms with van der Waals surface area (Å²) in [5.41, 5.74) is 1.28. The number of hydrogen-bond donors (Lipinski definition) is 0. The van der Waals surface area contributed by atoms with E-state index in [1.165, 1.54) is 6.07 Å². The van der Waals surface area contributed by atoms with E-state index in [9.17, 15) is 13.0 Å². The van der Waals surface area contributed by atoms with Crippen molar-refractivity contribution in [1.82, 2.24) is 0 Å². The van der Waals surface area contributed by atoms with Gasteiger partial charge in [-0.15, -0.1) is 0 Å². The maximum Gasteiger partial charge on any atom is 0.160 e. The van der Waals surface area contributed by atoms with Crippen molar-refractivity contribution in [1.29, 1.82) is 5.26 Å². The van der Waals surface area contributed by atoms with Crippen LogP contribution in [0.1, 0.15) is 11.1 Å². The van der Waals surface area contributed by atoms with Gasteiger partial charge in [0.25, 0.3) is 0 Å². The first-order chi connectivity index (χ1) is 9.10. The van der Waals surface area contributed by atoms with Crippen LogP contribution in [0.15, 0.2) is 47.4 Å². The largest absolute Gasteiger partial charge is 0.254 e. The molecule has 5 heteroatoms. The molecule has 0 N–H and O–H groups in total. The molecule has 0 aromatic heterocycles. The molecule has 0 fully saturated rings. The van der Waals surface area contributed by atoms with Crippen LogP contribution in [0.5, 0.6) is 0 Å². The van der Waals surface area contributed by atoms with Gasteiger partial charge in [0, 0.05) is 4.90 Å². The van der Waals surface area contributed by atoms with E-state index in [2.05, 4.69) is 0 Å². The normalized spacial score (nSPS) is 11.8. The van der Waals surface area contributed by atoms with E-state index < -0.39 is 22.4 Å². The lowest BCUT2D eigenvalue weighted by Gasteiger charge is -2.03. The van der Waals surface area contributed by atoms with Crippen LogP contribution in [0.3, 0.4) is 0 Å². The van der Waals surface area contributed by atoms with Crippen LogP contribution in [-0.2, 0) is 16.6 Å². The summed E-state index contributed by atoms with van der Waals surface area (Å²) in [4.78, 5) is 0.239. The molecule has 1 atom stereocenters.